The topological polar surface area (TPSA) is 66.4 Å². The maximum atomic E-state index is 11.3. The van der Waals surface area contributed by atoms with Gasteiger partial charge in [0.1, 0.15) is 5.75 Å². The summed E-state index contributed by atoms with van der Waals surface area (Å²) in [5, 5.41) is 11.7. The third-order valence-electron chi connectivity index (χ3n) is 2.28. The number of imide groups is 1. The van der Waals surface area contributed by atoms with E-state index in [-0.39, 0.29) is 24.0 Å². The molecule has 1 fully saturated rings. The molecule has 0 bridgehead atoms. The van der Waals surface area contributed by atoms with Crippen LogP contribution in [-0.2, 0) is 9.59 Å². The van der Waals surface area contributed by atoms with Gasteiger partial charge in [0.15, 0.2) is 0 Å². The Hall–Kier alpha value is -1.84. The van der Waals surface area contributed by atoms with Crippen LogP contribution < -0.4 is 5.32 Å². The second-order valence-corrected chi connectivity index (χ2v) is 3.23. The van der Waals surface area contributed by atoms with E-state index in [1.54, 1.807) is 18.2 Å². The van der Waals surface area contributed by atoms with E-state index in [1.807, 2.05) is 0 Å². The first-order chi connectivity index (χ1) is 6.68. The number of hydrogen-bond donors (Lipinski definition) is 2. The van der Waals surface area contributed by atoms with E-state index in [2.05, 4.69) is 5.32 Å². The number of carbonyl (C=O) groups is 2. The fraction of sp³-hybridized carbons (Fsp3) is 0.200. The van der Waals surface area contributed by atoms with Crippen molar-refractivity contribution >= 4 is 11.8 Å². The lowest BCUT2D eigenvalue weighted by molar-refractivity contribution is -0.125. The SMILES string of the molecule is O=C1CC(c2ccccc2O)C(=O)N1. The van der Waals surface area contributed by atoms with Crippen molar-refractivity contribution in [3.8, 4) is 5.75 Å². The van der Waals surface area contributed by atoms with E-state index in [9.17, 15) is 14.7 Å². The predicted octanol–water partition coefficient (Wildman–Crippen LogP) is 0.522. The predicted molar refractivity (Wildman–Crippen MR) is 48.6 cm³/mol. The van der Waals surface area contributed by atoms with E-state index < -0.39 is 5.92 Å². The van der Waals surface area contributed by atoms with Crippen molar-refractivity contribution in [2.24, 2.45) is 0 Å². The van der Waals surface area contributed by atoms with Crippen LogP contribution in [0.4, 0.5) is 0 Å². The minimum Gasteiger partial charge on any atom is -0.508 e. The second kappa shape index (κ2) is 3.14. The molecule has 2 N–H and O–H groups in total. The molecule has 0 radical (unpaired) electrons. The highest BCUT2D eigenvalue weighted by Gasteiger charge is 2.33. The van der Waals surface area contributed by atoms with Crippen LogP contribution in [0.25, 0.3) is 0 Å². The first kappa shape index (κ1) is 8.74. The van der Waals surface area contributed by atoms with Crippen LogP contribution in [0.15, 0.2) is 24.3 Å². The van der Waals surface area contributed by atoms with Crippen molar-refractivity contribution in [3.05, 3.63) is 29.8 Å². The maximum absolute atomic E-state index is 11.3. The molecule has 1 atom stereocenters. The van der Waals surface area contributed by atoms with Gasteiger partial charge < -0.3 is 5.11 Å². The summed E-state index contributed by atoms with van der Waals surface area (Å²) in [5.41, 5.74) is 0.510. The Bertz CT molecular complexity index is 400. The summed E-state index contributed by atoms with van der Waals surface area (Å²) in [6.45, 7) is 0. The van der Waals surface area contributed by atoms with E-state index in [0.717, 1.165) is 0 Å². The first-order valence-corrected chi connectivity index (χ1v) is 4.30. The maximum Gasteiger partial charge on any atom is 0.234 e. The molecule has 1 unspecified atom stereocenters. The number of hydrogen-bond acceptors (Lipinski definition) is 3. The molecule has 4 heteroatoms. The molecule has 72 valence electrons. The summed E-state index contributed by atoms with van der Waals surface area (Å²) < 4.78 is 0. The van der Waals surface area contributed by atoms with Crippen LogP contribution >= 0.6 is 0 Å². The Kier molecular flexibility index (Phi) is 1.96. The summed E-state index contributed by atoms with van der Waals surface area (Å²) >= 11 is 0. The van der Waals surface area contributed by atoms with Gasteiger partial charge in [0.05, 0.1) is 5.92 Å². The molecular weight excluding hydrogens is 182 g/mol. The van der Waals surface area contributed by atoms with Crippen molar-refractivity contribution in [2.45, 2.75) is 12.3 Å². The Morgan fingerprint density at radius 1 is 1.29 bits per heavy atom. The Balaban J connectivity index is 2.36. The molecule has 14 heavy (non-hydrogen) atoms. The summed E-state index contributed by atoms with van der Waals surface area (Å²) in [5.74, 6) is -1.11. The Morgan fingerprint density at radius 3 is 2.57 bits per heavy atom. The molecule has 1 heterocycles. The zero-order valence-electron chi connectivity index (χ0n) is 7.36. The van der Waals surface area contributed by atoms with Crippen molar-refractivity contribution in [1.82, 2.24) is 5.32 Å². The molecule has 1 aliphatic heterocycles. The van der Waals surface area contributed by atoms with Gasteiger partial charge in [-0.1, -0.05) is 18.2 Å². The molecule has 0 aromatic heterocycles. The van der Waals surface area contributed by atoms with Crippen LogP contribution in [0.2, 0.25) is 0 Å². The molecule has 0 spiro atoms. The number of phenols is 1. The van der Waals surface area contributed by atoms with Crippen LogP contribution in [0.3, 0.4) is 0 Å². The molecule has 1 saturated heterocycles. The molecule has 2 amide bonds. The lowest BCUT2D eigenvalue weighted by Crippen LogP contribution is -2.21. The molecular formula is C10H9NO3. The van der Waals surface area contributed by atoms with Gasteiger partial charge in [0.2, 0.25) is 11.8 Å². The third-order valence-corrected chi connectivity index (χ3v) is 2.28. The molecule has 1 aromatic rings. The normalized spacial score (nSPS) is 21.0. The monoisotopic (exact) mass is 191 g/mol. The third kappa shape index (κ3) is 1.35. The quantitative estimate of drug-likeness (QED) is 0.636. The number of amides is 2. The standard InChI is InChI=1S/C10H9NO3/c12-8-4-2-1-3-6(8)7-5-9(13)11-10(7)14/h1-4,7,12H,5H2,(H,11,13,14). The lowest BCUT2D eigenvalue weighted by Gasteiger charge is -2.07. The highest BCUT2D eigenvalue weighted by atomic mass is 16.3. The minimum absolute atomic E-state index is 0.0577. The number of para-hydroxylation sites is 1. The van der Waals surface area contributed by atoms with Gasteiger partial charge in [-0.2, -0.15) is 0 Å². The molecule has 0 aliphatic carbocycles. The van der Waals surface area contributed by atoms with E-state index in [0.29, 0.717) is 5.56 Å². The van der Waals surface area contributed by atoms with Gasteiger partial charge in [-0.05, 0) is 6.07 Å². The minimum atomic E-state index is -0.538. The number of benzene rings is 1. The van der Waals surface area contributed by atoms with Gasteiger partial charge in [0, 0.05) is 12.0 Å². The van der Waals surface area contributed by atoms with Crippen molar-refractivity contribution in [1.29, 1.82) is 0 Å². The summed E-state index contributed by atoms with van der Waals surface area (Å²) in [7, 11) is 0. The average molecular weight is 191 g/mol. The number of rotatable bonds is 1. The van der Waals surface area contributed by atoms with E-state index in [1.165, 1.54) is 6.07 Å². The average Bonchev–Trinajstić information content (AvgIpc) is 2.46. The van der Waals surface area contributed by atoms with Crippen molar-refractivity contribution in [2.75, 3.05) is 0 Å². The number of aromatic hydroxyl groups is 1. The highest BCUT2D eigenvalue weighted by Crippen LogP contribution is 2.30. The van der Waals surface area contributed by atoms with Gasteiger partial charge in [-0.15, -0.1) is 0 Å². The zero-order valence-corrected chi connectivity index (χ0v) is 7.36. The summed E-state index contributed by atoms with van der Waals surface area (Å²) in [6, 6.07) is 6.56. The van der Waals surface area contributed by atoms with Crippen LogP contribution in [0.1, 0.15) is 17.9 Å². The smallest absolute Gasteiger partial charge is 0.234 e. The molecule has 0 saturated carbocycles. The van der Waals surface area contributed by atoms with E-state index in [4.69, 9.17) is 0 Å². The zero-order chi connectivity index (χ0) is 10.1. The van der Waals surface area contributed by atoms with Crippen molar-refractivity contribution < 1.29 is 14.7 Å². The number of nitrogens with one attached hydrogen (secondary N) is 1. The van der Waals surface area contributed by atoms with Gasteiger partial charge >= 0.3 is 0 Å². The first-order valence-electron chi connectivity index (χ1n) is 4.30. The highest BCUT2D eigenvalue weighted by molar-refractivity contribution is 6.06. The fourth-order valence-corrected chi connectivity index (χ4v) is 1.59. The van der Waals surface area contributed by atoms with Gasteiger partial charge in [0.25, 0.3) is 0 Å². The molecule has 2 rings (SSSR count). The number of carbonyl (C=O) groups excluding carboxylic acids is 2. The molecule has 1 aromatic carbocycles. The second-order valence-electron chi connectivity index (χ2n) is 3.23. The van der Waals surface area contributed by atoms with Crippen LogP contribution in [0.5, 0.6) is 5.75 Å². The fourth-order valence-electron chi connectivity index (χ4n) is 1.59. The summed E-state index contributed by atoms with van der Waals surface area (Å²) in [6.07, 6.45) is 0.121. The number of phenolic OH excluding ortho intramolecular Hbond substituents is 1. The van der Waals surface area contributed by atoms with Crippen LogP contribution in [-0.4, -0.2) is 16.9 Å². The van der Waals surface area contributed by atoms with Crippen molar-refractivity contribution in [3.63, 3.8) is 0 Å². The van der Waals surface area contributed by atoms with Gasteiger partial charge in [-0.3, -0.25) is 14.9 Å². The van der Waals surface area contributed by atoms with Gasteiger partial charge in [-0.25, -0.2) is 0 Å². The van der Waals surface area contributed by atoms with Crippen LogP contribution in [0, 0.1) is 0 Å². The Morgan fingerprint density at radius 2 is 2.00 bits per heavy atom. The largest absolute Gasteiger partial charge is 0.508 e. The summed E-state index contributed by atoms with van der Waals surface area (Å²) in [4.78, 5) is 22.2. The Labute approximate surface area is 80.6 Å². The molecule has 1 aliphatic rings. The lowest BCUT2D eigenvalue weighted by atomic mass is 9.97. The van der Waals surface area contributed by atoms with E-state index >= 15 is 0 Å². The molecule has 4 nitrogen and oxygen atoms in total.